The normalized spacial score (nSPS) is 22.4. The van der Waals surface area contributed by atoms with Crippen LogP contribution < -0.4 is 5.73 Å². The van der Waals surface area contributed by atoms with Gasteiger partial charge in [-0.15, -0.1) is 0 Å². The molecule has 0 spiro atoms. The smallest absolute Gasteiger partial charge is 0.00205 e. The molecule has 90 valence electrons. The second-order valence-electron chi connectivity index (χ2n) is 5.90. The van der Waals surface area contributed by atoms with Gasteiger partial charge in [-0.1, -0.05) is 52.4 Å². The molecule has 0 radical (unpaired) electrons. The Balaban J connectivity index is 2.46. The molecule has 0 unspecified atom stereocenters. The Morgan fingerprint density at radius 3 is 2.00 bits per heavy atom. The highest BCUT2D eigenvalue weighted by Gasteiger charge is 2.28. The molecule has 1 fully saturated rings. The molecule has 0 saturated heterocycles. The molecule has 1 heteroatoms. The Morgan fingerprint density at radius 2 is 1.53 bits per heavy atom. The predicted molar refractivity (Wildman–Crippen MR) is 67.9 cm³/mol. The van der Waals surface area contributed by atoms with E-state index in [4.69, 9.17) is 5.73 Å². The molecule has 0 heterocycles. The maximum atomic E-state index is 6.04. The highest BCUT2D eigenvalue weighted by atomic mass is 14.6. The molecule has 2 N–H and O–H groups in total. The van der Waals surface area contributed by atoms with Crippen molar-refractivity contribution in [2.24, 2.45) is 17.1 Å². The van der Waals surface area contributed by atoms with Crippen molar-refractivity contribution in [3.8, 4) is 0 Å². The largest absolute Gasteiger partial charge is 0.330 e. The van der Waals surface area contributed by atoms with E-state index in [0.717, 1.165) is 12.5 Å². The van der Waals surface area contributed by atoms with Crippen molar-refractivity contribution >= 4 is 0 Å². The summed E-state index contributed by atoms with van der Waals surface area (Å²) in [6.45, 7) is 5.57. The van der Waals surface area contributed by atoms with Crippen LogP contribution in [0, 0.1) is 11.3 Å². The topological polar surface area (TPSA) is 26.0 Å². The van der Waals surface area contributed by atoms with Crippen LogP contribution in [0.5, 0.6) is 0 Å². The lowest BCUT2D eigenvalue weighted by Crippen LogP contribution is -2.31. The Hall–Kier alpha value is -0.0400. The zero-order valence-corrected chi connectivity index (χ0v) is 10.7. The van der Waals surface area contributed by atoms with Gasteiger partial charge >= 0.3 is 0 Å². The Labute approximate surface area is 95.8 Å². The van der Waals surface area contributed by atoms with Crippen LogP contribution in [-0.4, -0.2) is 6.54 Å². The molecule has 0 bridgehead atoms. The van der Waals surface area contributed by atoms with Crippen molar-refractivity contribution in [2.45, 2.75) is 71.6 Å². The van der Waals surface area contributed by atoms with Crippen LogP contribution in [0.3, 0.4) is 0 Å². The van der Waals surface area contributed by atoms with E-state index in [-0.39, 0.29) is 0 Å². The summed E-state index contributed by atoms with van der Waals surface area (Å²) in [6.07, 6.45) is 12.6. The lowest BCUT2D eigenvalue weighted by atomic mass is 9.72. The van der Waals surface area contributed by atoms with Gasteiger partial charge in [-0.25, -0.2) is 0 Å². The molecule has 0 aliphatic heterocycles. The van der Waals surface area contributed by atoms with Gasteiger partial charge in [0, 0.05) is 0 Å². The summed E-state index contributed by atoms with van der Waals surface area (Å²) < 4.78 is 0. The summed E-state index contributed by atoms with van der Waals surface area (Å²) in [7, 11) is 0. The molecular formula is C14H29N. The number of rotatable bonds is 4. The molecule has 1 nitrogen and oxygen atoms in total. The molecule has 0 atom stereocenters. The highest BCUT2D eigenvalue weighted by molar-refractivity contribution is 4.82. The SMILES string of the molecule is CC(C)CCC1(CN)CCCCCCC1. The van der Waals surface area contributed by atoms with Crippen molar-refractivity contribution in [3.63, 3.8) is 0 Å². The zero-order valence-electron chi connectivity index (χ0n) is 10.7. The average Bonchev–Trinajstić information content (AvgIpc) is 2.17. The van der Waals surface area contributed by atoms with Gasteiger partial charge in [0.1, 0.15) is 0 Å². The van der Waals surface area contributed by atoms with Gasteiger partial charge in [0.15, 0.2) is 0 Å². The fraction of sp³-hybridized carbons (Fsp3) is 1.00. The van der Waals surface area contributed by atoms with Crippen LogP contribution >= 0.6 is 0 Å². The number of hydrogen-bond acceptors (Lipinski definition) is 1. The second kappa shape index (κ2) is 6.52. The molecule has 0 amide bonds. The van der Waals surface area contributed by atoms with E-state index in [1.807, 2.05) is 0 Å². The van der Waals surface area contributed by atoms with Crippen LogP contribution in [0.2, 0.25) is 0 Å². The summed E-state index contributed by atoms with van der Waals surface area (Å²) in [4.78, 5) is 0. The first-order valence-electron chi connectivity index (χ1n) is 6.89. The molecule has 15 heavy (non-hydrogen) atoms. The van der Waals surface area contributed by atoms with Gasteiger partial charge in [-0.2, -0.15) is 0 Å². The first kappa shape index (κ1) is 13.0. The third-order valence-electron chi connectivity index (χ3n) is 4.10. The molecule has 0 aromatic carbocycles. The maximum absolute atomic E-state index is 6.04. The lowest BCUT2D eigenvalue weighted by molar-refractivity contribution is 0.188. The second-order valence-corrected chi connectivity index (χ2v) is 5.90. The van der Waals surface area contributed by atoms with Crippen molar-refractivity contribution in [1.82, 2.24) is 0 Å². The van der Waals surface area contributed by atoms with E-state index in [0.29, 0.717) is 5.41 Å². The van der Waals surface area contributed by atoms with Crippen LogP contribution in [0.1, 0.15) is 71.6 Å². The summed E-state index contributed by atoms with van der Waals surface area (Å²) >= 11 is 0. The lowest BCUT2D eigenvalue weighted by Gasteiger charge is -2.35. The van der Waals surface area contributed by atoms with E-state index in [9.17, 15) is 0 Å². The van der Waals surface area contributed by atoms with E-state index in [1.165, 1.54) is 57.8 Å². The molecule has 1 aliphatic carbocycles. The van der Waals surface area contributed by atoms with Crippen LogP contribution in [0.4, 0.5) is 0 Å². The Bertz CT molecular complexity index is 155. The minimum Gasteiger partial charge on any atom is -0.330 e. The Morgan fingerprint density at radius 1 is 1.00 bits per heavy atom. The minimum atomic E-state index is 0.505. The van der Waals surface area contributed by atoms with E-state index < -0.39 is 0 Å². The van der Waals surface area contributed by atoms with E-state index in [2.05, 4.69) is 13.8 Å². The molecule has 0 aromatic heterocycles. The standard InChI is InChI=1S/C14H29N/c1-13(2)8-11-14(12-15)9-6-4-3-5-7-10-14/h13H,3-12,15H2,1-2H3. The summed E-state index contributed by atoms with van der Waals surface area (Å²) in [5.41, 5.74) is 6.55. The van der Waals surface area contributed by atoms with Gasteiger partial charge in [0.2, 0.25) is 0 Å². The van der Waals surface area contributed by atoms with E-state index in [1.54, 1.807) is 0 Å². The van der Waals surface area contributed by atoms with Gasteiger partial charge in [-0.05, 0) is 37.1 Å². The monoisotopic (exact) mass is 211 g/mol. The fourth-order valence-corrected chi connectivity index (χ4v) is 2.81. The first-order valence-corrected chi connectivity index (χ1v) is 6.89. The van der Waals surface area contributed by atoms with Gasteiger partial charge in [0.05, 0.1) is 0 Å². The van der Waals surface area contributed by atoms with Crippen molar-refractivity contribution < 1.29 is 0 Å². The van der Waals surface area contributed by atoms with Gasteiger partial charge in [-0.3, -0.25) is 0 Å². The van der Waals surface area contributed by atoms with Crippen molar-refractivity contribution in [3.05, 3.63) is 0 Å². The molecule has 1 aliphatic rings. The van der Waals surface area contributed by atoms with Gasteiger partial charge in [0.25, 0.3) is 0 Å². The summed E-state index contributed by atoms with van der Waals surface area (Å²) in [5.74, 6) is 0.832. The van der Waals surface area contributed by atoms with Crippen molar-refractivity contribution in [2.75, 3.05) is 6.54 Å². The zero-order chi connectivity index (χ0) is 11.1. The van der Waals surface area contributed by atoms with Crippen LogP contribution in [-0.2, 0) is 0 Å². The van der Waals surface area contributed by atoms with Crippen LogP contribution in [0.25, 0.3) is 0 Å². The van der Waals surface area contributed by atoms with Gasteiger partial charge < -0.3 is 5.73 Å². The van der Waals surface area contributed by atoms with E-state index >= 15 is 0 Å². The van der Waals surface area contributed by atoms with Crippen molar-refractivity contribution in [1.29, 1.82) is 0 Å². The minimum absolute atomic E-state index is 0.505. The predicted octanol–water partition coefficient (Wildman–Crippen LogP) is 4.11. The average molecular weight is 211 g/mol. The number of hydrogen-bond donors (Lipinski definition) is 1. The molecule has 1 rings (SSSR count). The quantitative estimate of drug-likeness (QED) is 0.744. The third kappa shape index (κ3) is 4.55. The number of nitrogens with two attached hydrogens (primary N) is 1. The summed E-state index contributed by atoms with van der Waals surface area (Å²) in [5, 5.41) is 0. The highest BCUT2D eigenvalue weighted by Crippen LogP contribution is 2.38. The summed E-state index contributed by atoms with van der Waals surface area (Å²) in [6, 6.07) is 0. The Kier molecular flexibility index (Phi) is 5.66. The first-order chi connectivity index (χ1) is 7.18. The fourth-order valence-electron chi connectivity index (χ4n) is 2.81. The molecule has 0 aromatic rings. The molecule has 1 saturated carbocycles. The third-order valence-corrected chi connectivity index (χ3v) is 4.10. The maximum Gasteiger partial charge on any atom is -0.00205 e. The van der Waals surface area contributed by atoms with Crippen LogP contribution in [0.15, 0.2) is 0 Å². The molecular weight excluding hydrogens is 182 g/mol.